The second-order valence-electron chi connectivity index (χ2n) is 5.52. The molecule has 0 aliphatic carbocycles. The van der Waals surface area contributed by atoms with Crippen molar-refractivity contribution in [2.45, 2.75) is 27.3 Å². The maximum atomic E-state index is 3.56. The molecular weight excluding hydrogens is 310 g/mol. The van der Waals surface area contributed by atoms with E-state index in [0.29, 0.717) is 0 Å². The van der Waals surface area contributed by atoms with E-state index in [-0.39, 0.29) is 0 Å². The molecule has 2 heteroatoms. The van der Waals surface area contributed by atoms with Crippen LogP contribution in [0.25, 0.3) is 10.9 Å². The van der Waals surface area contributed by atoms with Crippen LogP contribution in [0.3, 0.4) is 0 Å². The Morgan fingerprint density at radius 2 is 1.65 bits per heavy atom. The van der Waals surface area contributed by atoms with Crippen molar-refractivity contribution in [1.82, 2.24) is 4.57 Å². The third-order valence-electron chi connectivity index (χ3n) is 3.90. The fourth-order valence-corrected chi connectivity index (χ4v) is 3.27. The lowest BCUT2D eigenvalue weighted by atomic mass is 10.00. The van der Waals surface area contributed by atoms with Gasteiger partial charge in [0.15, 0.2) is 0 Å². The van der Waals surface area contributed by atoms with E-state index >= 15 is 0 Å². The third-order valence-corrected chi connectivity index (χ3v) is 4.40. The number of aryl methyl sites for hydroxylation is 3. The number of benzene rings is 2. The molecule has 0 aliphatic heterocycles. The Labute approximate surface area is 128 Å². The first-order valence-electron chi connectivity index (χ1n) is 6.86. The summed E-state index contributed by atoms with van der Waals surface area (Å²) in [6.45, 7) is 7.50. The zero-order valence-electron chi connectivity index (χ0n) is 12.1. The lowest BCUT2D eigenvalue weighted by Gasteiger charge is -2.13. The van der Waals surface area contributed by atoms with Crippen LogP contribution in [0.5, 0.6) is 0 Å². The lowest BCUT2D eigenvalue weighted by Crippen LogP contribution is -2.03. The van der Waals surface area contributed by atoms with Crippen LogP contribution in [0, 0.1) is 20.8 Å². The van der Waals surface area contributed by atoms with E-state index in [2.05, 4.69) is 83.9 Å². The number of fused-ring (bicyclic) bond motifs is 1. The maximum Gasteiger partial charge on any atom is 0.0494 e. The lowest BCUT2D eigenvalue weighted by molar-refractivity contribution is 0.823. The van der Waals surface area contributed by atoms with E-state index < -0.39 is 0 Å². The Morgan fingerprint density at radius 1 is 0.950 bits per heavy atom. The van der Waals surface area contributed by atoms with E-state index in [1.807, 2.05) is 0 Å². The molecule has 1 heterocycles. The van der Waals surface area contributed by atoms with E-state index in [0.717, 1.165) is 11.0 Å². The number of rotatable bonds is 2. The second-order valence-corrected chi connectivity index (χ2v) is 6.44. The Kier molecular flexibility index (Phi) is 3.43. The fourth-order valence-electron chi connectivity index (χ4n) is 2.92. The van der Waals surface area contributed by atoms with Crippen LogP contribution >= 0.6 is 15.9 Å². The Hall–Kier alpha value is -1.54. The highest BCUT2D eigenvalue weighted by molar-refractivity contribution is 9.10. The molecule has 0 radical (unpaired) electrons. The quantitative estimate of drug-likeness (QED) is 0.595. The van der Waals surface area contributed by atoms with Gasteiger partial charge in [-0.1, -0.05) is 39.7 Å². The SMILES string of the molecule is Cc1cc(C)c(Cn2ccc3ccc(Br)cc32)c(C)c1. The van der Waals surface area contributed by atoms with Gasteiger partial charge in [-0.2, -0.15) is 0 Å². The average molecular weight is 328 g/mol. The molecule has 1 nitrogen and oxygen atoms in total. The molecule has 0 spiro atoms. The van der Waals surface area contributed by atoms with E-state index in [1.165, 1.54) is 33.2 Å². The van der Waals surface area contributed by atoms with Crippen LogP contribution in [-0.2, 0) is 6.54 Å². The van der Waals surface area contributed by atoms with Gasteiger partial charge >= 0.3 is 0 Å². The van der Waals surface area contributed by atoms with Gasteiger partial charge in [0.25, 0.3) is 0 Å². The molecule has 0 unspecified atom stereocenters. The largest absolute Gasteiger partial charge is 0.343 e. The number of hydrogen-bond acceptors (Lipinski definition) is 0. The molecule has 0 saturated carbocycles. The molecule has 0 aliphatic rings. The van der Waals surface area contributed by atoms with Crippen molar-refractivity contribution >= 4 is 26.8 Å². The van der Waals surface area contributed by atoms with Crippen molar-refractivity contribution in [2.75, 3.05) is 0 Å². The van der Waals surface area contributed by atoms with Gasteiger partial charge in [0.1, 0.15) is 0 Å². The van der Waals surface area contributed by atoms with Crippen molar-refractivity contribution in [2.24, 2.45) is 0 Å². The predicted octanol–water partition coefficient (Wildman–Crippen LogP) is 5.38. The van der Waals surface area contributed by atoms with Crippen LogP contribution in [-0.4, -0.2) is 4.57 Å². The van der Waals surface area contributed by atoms with E-state index in [1.54, 1.807) is 0 Å². The number of nitrogens with zero attached hydrogens (tertiary/aromatic N) is 1. The molecule has 0 fully saturated rings. The third kappa shape index (κ3) is 2.40. The Bertz CT molecular complexity index is 760. The highest BCUT2D eigenvalue weighted by atomic mass is 79.9. The van der Waals surface area contributed by atoms with Gasteiger partial charge in [0, 0.05) is 22.7 Å². The number of halogens is 1. The van der Waals surface area contributed by atoms with Crippen LogP contribution < -0.4 is 0 Å². The monoisotopic (exact) mass is 327 g/mol. The normalized spacial score (nSPS) is 11.2. The first kappa shape index (κ1) is 13.4. The average Bonchev–Trinajstić information content (AvgIpc) is 2.76. The molecule has 0 atom stereocenters. The molecule has 20 heavy (non-hydrogen) atoms. The first-order chi connectivity index (χ1) is 9.54. The number of hydrogen-bond donors (Lipinski definition) is 0. The minimum absolute atomic E-state index is 0.928. The summed E-state index contributed by atoms with van der Waals surface area (Å²) in [6, 6.07) is 13.2. The van der Waals surface area contributed by atoms with E-state index in [4.69, 9.17) is 0 Å². The van der Waals surface area contributed by atoms with Gasteiger partial charge in [-0.25, -0.2) is 0 Å². The summed E-state index contributed by atoms with van der Waals surface area (Å²) in [6.07, 6.45) is 2.18. The smallest absolute Gasteiger partial charge is 0.0494 e. The highest BCUT2D eigenvalue weighted by Crippen LogP contribution is 2.24. The van der Waals surface area contributed by atoms with Gasteiger partial charge in [0.2, 0.25) is 0 Å². The van der Waals surface area contributed by atoms with Gasteiger partial charge in [-0.3, -0.25) is 0 Å². The molecule has 0 bridgehead atoms. The zero-order valence-corrected chi connectivity index (χ0v) is 13.7. The van der Waals surface area contributed by atoms with Crippen LogP contribution in [0.15, 0.2) is 47.1 Å². The maximum absolute atomic E-state index is 3.56. The second kappa shape index (κ2) is 5.10. The Balaban J connectivity index is 2.08. The summed E-state index contributed by atoms with van der Waals surface area (Å²) in [4.78, 5) is 0. The molecule has 0 saturated heterocycles. The number of aromatic nitrogens is 1. The van der Waals surface area contributed by atoms with Crippen LogP contribution in [0.1, 0.15) is 22.3 Å². The highest BCUT2D eigenvalue weighted by Gasteiger charge is 2.07. The van der Waals surface area contributed by atoms with Crippen molar-refractivity contribution in [3.63, 3.8) is 0 Å². The minimum atomic E-state index is 0.928. The molecule has 0 N–H and O–H groups in total. The zero-order chi connectivity index (χ0) is 14.3. The Morgan fingerprint density at radius 3 is 2.35 bits per heavy atom. The summed E-state index contributed by atoms with van der Waals surface area (Å²) >= 11 is 3.56. The molecule has 2 aromatic carbocycles. The fraction of sp³-hybridized carbons (Fsp3) is 0.222. The van der Waals surface area contributed by atoms with Crippen LogP contribution in [0.2, 0.25) is 0 Å². The summed E-state index contributed by atoms with van der Waals surface area (Å²) in [5.74, 6) is 0. The minimum Gasteiger partial charge on any atom is -0.343 e. The molecule has 3 aromatic rings. The molecule has 3 rings (SSSR count). The van der Waals surface area contributed by atoms with E-state index in [9.17, 15) is 0 Å². The predicted molar refractivity (Wildman–Crippen MR) is 89.4 cm³/mol. The van der Waals surface area contributed by atoms with Crippen molar-refractivity contribution in [3.8, 4) is 0 Å². The summed E-state index contributed by atoms with van der Waals surface area (Å²) in [5.41, 5.74) is 6.79. The first-order valence-corrected chi connectivity index (χ1v) is 7.65. The molecular formula is C18H18BrN. The summed E-state index contributed by atoms with van der Waals surface area (Å²) in [5, 5.41) is 1.29. The molecule has 102 valence electrons. The van der Waals surface area contributed by atoms with Gasteiger partial charge in [-0.05, 0) is 61.0 Å². The topological polar surface area (TPSA) is 4.93 Å². The van der Waals surface area contributed by atoms with Crippen molar-refractivity contribution in [1.29, 1.82) is 0 Å². The molecule has 1 aromatic heterocycles. The van der Waals surface area contributed by atoms with Crippen molar-refractivity contribution in [3.05, 3.63) is 69.3 Å². The van der Waals surface area contributed by atoms with Gasteiger partial charge in [-0.15, -0.1) is 0 Å². The standard InChI is InChI=1S/C18H18BrN/c1-12-8-13(2)17(14(3)9-12)11-20-7-6-15-4-5-16(19)10-18(15)20/h4-10H,11H2,1-3H3. The van der Waals surface area contributed by atoms with Crippen molar-refractivity contribution < 1.29 is 0 Å². The van der Waals surface area contributed by atoms with Gasteiger partial charge < -0.3 is 4.57 Å². The summed E-state index contributed by atoms with van der Waals surface area (Å²) in [7, 11) is 0. The van der Waals surface area contributed by atoms with Gasteiger partial charge in [0.05, 0.1) is 0 Å². The molecule has 0 amide bonds. The van der Waals surface area contributed by atoms with Crippen LogP contribution in [0.4, 0.5) is 0 Å². The summed E-state index contributed by atoms with van der Waals surface area (Å²) < 4.78 is 3.45.